The van der Waals surface area contributed by atoms with Gasteiger partial charge in [0.25, 0.3) is 0 Å². The van der Waals surface area contributed by atoms with Gasteiger partial charge in [0.05, 0.1) is 4.87 Å². The van der Waals surface area contributed by atoms with Crippen molar-refractivity contribution < 1.29 is 0 Å². The fourth-order valence-corrected chi connectivity index (χ4v) is 5.47. The molecule has 1 atom stereocenters. The average molecular weight is 483 g/mol. The maximum Gasteiger partial charge on any atom is 0.0921 e. The number of rotatable bonds is 11. The standard InChI is InChI=1S/C34H39Cl/c1-3-5-8-13-27-18-20-29(21-19-27)31-22-23-32(30-16-10-7-11-17-30)33(25-31)34(35)24-12-15-28(26-34)14-9-6-4-2/h7,10-12,15-23,25-26H,3-6,8-9,13-14,24H2,1-2H3. The molecule has 0 heterocycles. The van der Waals surface area contributed by atoms with Crippen LogP contribution in [-0.2, 0) is 11.3 Å². The van der Waals surface area contributed by atoms with Crippen LogP contribution in [0.3, 0.4) is 0 Å². The second-order valence-electron chi connectivity index (χ2n) is 9.93. The van der Waals surface area contributed by atoms with Gasteiger partial charge in [0, 0.05) is 0 Å². The maximum atomic E-state index is 7.49. The third-order valence-electron chi connectivity index (χ3n) is 7.14. The van der Waals surface area contributed by atoms with Gasteiger partial charge in [0.1, 0.15) is 0 Å². The summed E-state index contributed by atoms with van der Waals surface area (Å²) >= 11 is 7.49. The maximum absolute atomic E-state index is 7.49. The second kappa shape index (κ2) is 12.4. The van der Waals surface area contributed by atoms with Crippen molar-refractivity contribution in [2.45, 2.75) is 76.5 Å². The predicted molar refractivity (Wildman–Crippen MR) is 154 cm³/mol. The zero-order chi connectivity index (χ0) is 24.5. The number of alkyl halides is 1. The Morgan fingerprint density at radius 3 is 2.11 bits per heavy atom. The lowest BCUT2D eigenvalue weighted by Gasteiger charge is -2.30. The largest absolute Gasteiger partial charge is 0.109 e. The molecule has 0 fully saturated rings. The van der Waals surface area contributed by atoms with Crippen LogP contribution < -0.4 is 0 Å². The minimum Gasteiger partial charge on any atom is -0.109 e. The van der Waals surface area contributed by atoms with Gasteiger partial charge in [0.15, 0.2) is 0 Å². The van der Waals surface area contributed by atoms with Gasteiger partial charge in [-0.25, -0.2) is 0 Å². The summed E-state index contributed by atoms with van der Waals surface area (Å²) in [6, 6.07) is 26.7. The summed E-state index contributed by atoms with van der Waals surface area (Å²) in [6.45, 7) is 4.52. The summed E-state index contributed by atoms with van der Waals surface area (Å²) in [5.74, 6) is 0. The van der Waals surface area contributed by atoms with Crippen LogP contribution in [0.1, 0.15) is 76.3 Å². The van der Waals surface area contributed by atoms with Crippen molar-refractivity contribution in [2.24, 2.45) is 0 Å². The van der Waals surface area contributed by atoms with Crippen LogP contribution in [0.2, 0.25) is 0 Å². The number of hydrogen-bond donors (Lipinski definition) is 0. The van der Waals surface area contributed by atoms with Gasteiger partial charge in [-0.1, -0.05) is 130 Å². The number of unbranched alkanes of at least 4 members (excludes halogenated alkanes) is 4. The van der Waals surface area contributed by atoms with Gasteiger partial charge >= 0.3 is 0 Å². The lowest BCUT2D eigenvalue weighted by molar-refractivity contribution is 0.697. The van der Waals surface area contributed by atoms with Crippen molar-refractivity contribution in [2.75, 3.05) is 0 Å². The van der Waals surface area contributed by atoms with Crippen molar-refractivity contribution in [3.63, 3.8) is 0 Å². The van der Waals surface area contributed by atoms with E-state index in [1.165, 1.54) is 77.5 Å². The Kier molecular flexibility index (Phi) is 9.05. The van der Waals surface area contributed by atoms with E-state index >= 15 is 0 Å². The van der Waals surface area contributed by atoms with E-state index in [-0.39, 0.29) is 0 Å². The normalized spacial score (nSPS) is 17.4. The molecule has 0 aliphatic heterocycles. The monoisotopic (exact) mass is 482 g/mol. The van der Waals surface area contributed by atoms with E-state index in [0.717, 1.165) is 19.3 Å². The van der Waals surface area contributed by atoms with Gasteiger partial charge in [-0.2, -0.15) is 0 Å². The molecule has 0 radical (unpaired) electrons. The van der Waals surface area contributed by atoms with Crippen LogP contribution >= 0.6 is 11.6 Å². The van der Waals surface area contributed by atoms with E-state index < -0.39 is 4.87 Å². The predicted octanol–water partition coefficient (Wildman–Crippen LogP) is 10.7. The van der Waals surface area contributed by atoms with Crippen molar-refractivity contribution in [1.82, 2.24) is 0 Å². The first kappa shape index (κ1) is 25.5. The Hall–Kier alpha value is -2.57. The van der Waals surface area contributed by atoms with E-state index in [1.807, 2.05) is 0 Å². The smallest absolute Gasteiger partial charge is 0.0921 e. The highest BCUT2D eigenvalue weighted by Crippen LogP contribution is 2.45. The Balaban J connectivity index is 1.70. The second-order valence-corrected chi connectivity index (χ2v) is 10.6. The molecule has 1 aliphatic carbocycles. The molecule has 0 aromatic heterocycles. The third-order valence-corrected chi connectivity index (χ3v) is 7.61. The molecule has 0 saturated carbocycles. The molecule has 4 rings (SSSR count). The highest BCUT2D eigenvalue weighted by molar-refractivity contribution is 6.26. The van der Waals surface area contributed by atoms with Gasteiger partial charge in [-0.3, -0.25) is 0 Å². The highest BCUT2D eigenvalue weighted by Gasteiger charge is 2.31. The highest BCUT2D eigenvalue weighted by atomic mass is 35.5. The average Bonchev–Trinajstić information content (AvgIpc) is 2.90. The summed E-state index contributed by atoms with van der Waals surface area (Å²) in [5.41, 5.74) is 8.91. The molecule has 0 amide bonds. The van der Waals surface area contributed by atoms with E-state index in [0.29, 0.717) is 0 Å². The zero-order valence-corrected chi connectivity index (χ0v) is 22.2. The van der Waals surface area contributed by atoms with Crippen molar-refractivity contribution in [1.29, 1.82) is 0 Å². The number of halogens is 1. The summed E-state index contributed by atoms with van der Waals surface area (Å²) in [4.78, 5) is -0.530. The Morgan fingerprint density at radius 1 is 0.714 bits per heavy atom. The summed E-state index contributed by atoms with van der Waals surface area (Å²) in [7, 11) is 0. The lowest BCUT2D eigenvalue weighted by atomic mass is 9.82. The van der Waals surface area contributed by atoms with Gasteiger partial charge in [0.2, 0.25) is 0 Å². The molecule has 0 nitrogen and oxygen atoms in total. The van der Waals surface area contributed by atoms with Gasteiger partial charge < -0.3 is 0 Å². The SMILES string of the molecule is CCCCCC1=CC(Cl)(c2cc(-c3ccc(CCCCC)cc3)ccc2-c2ccccc2)CC=C1. The number of aryl methyl sites for hydroxylation is 1. The molecule has 0 spiro atoms. The first-order valence-corrected chi connectivity index (χ1v) is 13.9. The quantitative estimate of drug-likeness (QED) is 0.188. The van der Waals surface area contributed by atoms with E-state index in [2.05, 4.69) is 105 Å². The molecule has 3 aromatic rings. The Labute approximate surface area is 217 Å². The van der Waals surface area contributed by atoms with Crippen LogP contribution in [0.25, 0.3) is 22.3 Å². The van der Waals surface area contributed by atoms with E-state index in [4.69, 9.17) is 11.6 Å². The minimum absolute atomic E-state index is 0.530. The Bertz CT molecular complexity index is 1140. The first-order valence-electron chi connectivity index (χ1n) is 13.5. The number of hydrogen-bond acceptors (Lipinski definition) is 0. The third kappa shape index (κ3) is 6.56. The topological polar surface area (TPSA) is 0 Å². The summed E-state index contributed by atoms with van der Waals surface area (Å²) in [6.07, 6.45) is 17.5. The van der Waals surface area contributed by atoms with Crippen molar-refractivity contribution >= 4 is 11.6 Å². The van der Waals surface area contributed by atoms with Gasteiger partial charge in [-0.05, 0) is 71.6 Å². The fraction of sp³-hybridized carbons (Fsp3) is 0.353. The number of benzene rings is 3. The molecule has 0 bridgehead atoms. The fourth-order valence-electron chi connectivity index (χ4n) is 5.09. The molecule has 3 aromatic carbocycles. The molecule has 1 heteroatoms. The zero-order valence-electron chi connectivity index (χ0n) is 21.4. The van der Waals surface area contributed by atoms with Crippen molar-refractivity contribution in [3.05, 3.63) is 108 Å². The number of allylic oxidation sites excluding steroid dienone is 4. The lowest BCUT2D eigenvalue weighted by Crippen LogP contribution is -2.19. The van der Waals surface area contributed by atoms with Crippen LogP contribution in [0.15, 0.2) is 96.6 Å². The summed E-state index contributed by atoms with van der Waals surface area (Å²) in [5, 5.41) is 0. The molecular weight excluding hydrogens is 444 g/mol. The first-order chi connectivity index (χ1) is 17.1. The molecule has 1 aliphatic rings. The van der Waals surface area contributed by atoms with E-state index in [9.17, 15) is 0 Å². The van der Waals surface area contributed by atoms with Crippen LogP contribution in [0, 0.1) is 0 Å². The van der Waals surface area contributed by atoms with Gasteiger partial charge in [-0.15, -0.1) is 11.6 Å². The molecule has 0 saturated heterocycles. The molecule has 182 valence electrons. The molecule has 1 unspecified atom stereocenters. The summed E-state index contributed by atoms with van der Waals surface area (Å²) < 4.78 is 0. The molecule has 0 N–H and O–H groups in total. The molecular formula is C34H39Cl. The van der Waals surface area contributed by atoms with E-state index in [1.54, 1.807) is 0 Å². The van der Waals surface area contributed by atoms with Crippen LogP contribution in [0.5, 0.6) is 0 Å². The van der Waals surface area contributed by atoms with Crippen LogP contribution in [0.4, 0.5) is 0 Å². The Morgan fingerprint density at radius 2 is 1.40 bits per heavy atom. The van der Waals surface area contributed by atoms with Crippen molar-refractivity contribution in [3.8, 4) is 22.3 Å². The molecule has 35 heavy (non-hydrogen) atoms. The minimum atomic E-state index is -0.530. The van der Waals surface area contributed by atoms with Crippen LogP contribution in [-0.4, -0.2) is 0 Å².